The van der Waals surface area contributed by atoms with E-state index in [1.54, 1.807) is 11.8 Å². The van der Waals surface area contributed by atoms with Gasteiger partial charge in [0.2, 0.25) is 0 Å². The van der Waals surface area contributed by atoms with Crippen LogP contribution in [0, 0.1) is 10.1 Å². The summed E-state index contributed by atoms with van der Waals surface area (Å²) >= 11 is 1.65. The average Bonchev–Trinajstić information content (AvgIpc) is 2.61. The molecule has 0 heterocycles. The molecule has 0 aliphatic heterocycles. The molecule has 0 bridgehead atoms. The van der Waals surface area contributed by atoms with Gasteiger partial charge in [-0.25, -0.2) is 5.43 Å². The number of carbonyl (C=O) groups is 1. The van der Waals surface area contributed by atoms with Gasteiger partial charge in [0.25, 0.3) is 11.6 Å². The summed E-state index contributed by atoms with van der Waals surface area (Å²) in [4.78, 5) is 22.8. The van der Waals surface area contributed by atoms with Crippen molar-refractivity contribution >= 4 is 29.6 Å². The number of hydrogen-bond acceptors (Lipinski definition) is 6. The highest BCUT2D eigenvalue weighted by atomic mass is 32.2. The Balaban J connectivity index is 1.78. The molecule has 0 saturated carbocycles. The average molecular weight is 345 g/mol. The van der Waals surface area contributed by atoms with Crippen molar-refractivity contribution in [2.75, 3.05) is 12.9 Å². The maximum atomic E-state index is 11.6. The summed E-state index contributed by atoms with van der Waals surface area (Å²) in [5, 5.41) is 14.4. The monoisotopic (exact) mass is 345 g/mol. The quantitative estimate of drug-likeness (QED) is 0.360. The van der Waals surface area contributed by atoms with Gasteiger partial charge in [-0.1, -0.05) is 12.1 Å². The highest BCUT2D eigenvalue weighted by Gasteiger charge is 2.06. The summed E-state index contributed by atoms with van der Waals surface area (Å²) < 4.78 is 5.22. The molecule has 7 nitrogen and oxygen atoms in total. The van der Waals surface area contributed by atoms with Gasteiger partial charge in [0.05, 0.1) is 11.1 Å². The van der Waals surface area contributed by atoms with E-state index in [1.807, 2.05) is 30.5 Å². The molecule has 2 rings (SSSR count). The van der Waals surface area contributed by atoms with E-state index >= 15 is 0 Å². The third-order valence-corrected chi connectivity index (χ3v) is 3.68. The zero-order chi connectivity index (χ0) is 17.4. The molecule has 2 aromatic carbocycles. The molecule has 1 amide bonds. The summed E-state index contributed by atoms with van der Waals surface area (Å²) in [6.45, 7) is -0.236. The van der Waals surface area contributed by atoms with Crippen molar-refractivity contribution in [3.8, 4) is 5.75 Å². The first-order valence-electron chi connectivity index (χ1n) is 6.91. The van der Waals surface area contributed by atoms with Crippen LogP contribution in [0.25, 0.3) is 0 Å². The van der Waals surface area contributed by atoms with Gasteiger partial charge in [-0.2, -0.15) is 5.10 Å². The molecule has 0 unspecified atom stereocenters. The molecule has 2 aromatic rings. The molecule has 0 aromatic heterocycles. The highest BCUT2D eigenvalue weighted by Crippen LogP contribution is 2.17. The predicted octanol–water partition coefficient (Wildman–Crippen LogP) is 2.85. The highest BCUT2D eigenvalue weighted by molar-refractivity contribution is 7.98. The molecule has 8 heteroatoms. The maximum absolute atomic E-state index is 11.6. The Hall–Kier alpha value is -2.87. The third kappa shape index (κ3) is 5.40. The number of nitrogens with one attached hydrogen (secondary N) is 1. The van der Waals surface area contributed by atoms with Gasteiger partial charge in [0, 0.05) is 17.0 Å². The molecule has 0 aliphatic carbocycles. The van der Waals surface area contributed by atoms with E-state index in [9.17, 15) is 14.9 Å². The number of nitro groups is 1. The van der Waals surface area contributed by atoms with Crippen molar-refractivity contribution < 1.29 is 14.5 Å². The van der Waals surface area contributed by atoms with Crippen LogP contribution >= 0.6 is 11.8 Å². The van der Waals surface area contributed by atoms with Crippen molar-refractivity contribution in [3.05, 3.63) is 64.2 Å². The smallest absolute Gasteiger partial charge is 0.277 e. The van der Waals surface area contributed by atoms with Crippen molar-refractivity contribution in [3.63, 3.8) is 0 Å². The van der Waals surface area contributed by atoms with Gasteiger partial charge in [0.1, 0.15) is 5.75 Å². The molecule has 124 valence electrons. The van der Waals surface area contributed by atoms with Gasteiger partial charge in [0.15, 0.2) is 6.61 Å². The van der Waals surface area contributed by atoms with E-state index in [4.69, 9.17) is 4.74 Å². The Morgan fingerprint density at radius 2 is 1.92 bits per heavy atom. The Kier molecular flexibility index (Phi) is 6.32. The van der Waals surface area contributed by atoms with Gasteiger partial charge in [-0.15, -0.1) is 11.8 Å². The minimum absolute atomic E-state index is 0.0381. The van der Waals surface area contributed by atoms with Gasteiger partial charge < -0.3 is 4.74 Å². The zero-order valence-corrected chi connectivity index (χ0v) is 13.7. The minimum atomic E-state index is -0.503. The summed E-state index contributed by atoms with van der Waals surface area (Å²) in [5.74, 6) is -0.0577. The Bertz CT molecular complexity index is 730. The molecule has 0 fully saturated rings. The summed E-state index contributed by atoms with van der Waals surface area (Å²) in [7, 11) is 0. The van der Waals surface area contributed by atoms with Crippen LogP contribution in [0.1, 0.15) is 5.56 Å². The fourth-order valence-electron chi connectivity index (χ4n) is 1.71. The Morgan fingerprint density at radius 3 is 2.50 bits per heavy atom. The van der Waals surface area contributed by atoms with Crippen molar-refractivity contribution in [1.82, 2.24) is 5.43 Å². The molecular formula is C16H15N3O4S. The van der Waals surface area contributed by atoms with Crippen LogP contribution in [-0.2, 0) is 4.79 Å². The van der Waals surface area contributed by atoms with E-state index in [2.05, 4.69) is 10.5 Å². The molecule has 0 saturated heterocycles. The number of rotatable bonds is 7. The summed E-state index contributed by atoms with van der Waals surface area (Å²) in [6.07, 6.45) is 3.53. The van der Waals surface area contributed by atoms with Crippen molar-refractivity contribution in [2.24, 2.45) is 5.10 Å². The fraction of sp³-hybridized carbons (Fsp3) is 0.125. The van der Waals surface area contributed by atoms with Crippen molar-refractivity contribution in [2.45, 2.75) is 4.90 Å². The van der Waals surface area contributed by atoms with E-state index < -0.39 is 10.8 Å². The first-order chi connectivity index (χ1) is 11.6. The Labute approximate surface area is 142 Å². The second-order valence-corrected chi connectivity index (χ2v) is 5.49. The lowest BCUT2D eigenvalue weighted by atomic mass is 10.2. The number of non-ortho nitro benzene ring substituents is 1. The molecule has 0 aliphatic rings. The summed E-state index contributed by atoms with van der Waals surface area (Å²) in [6, 6.07) is 13.2. The second kappa shape index (κ2) is 8.68. The normalized spacial score (nSPS) is 10.5. The van der Waals surface area contributed by atoms with Crippen LogP contribution < -0.4 is 10.2 Å². The minimum Gasteiger partial charge on any atom is -0.484 e. The van der Waals surface area contributed by atoms with E-state index in [0.717, 1.165) is 10.5 Å². The van der Waals surface area contributed by atoms with Crippen LogP contribution in [0.2, 0.25) is 0 Å². The maximum Gasteiger partial charge on any atom is 0.277 e. The van der Waals surface area contributed by atoms with Gasteiger partial charge in [-0.3, -0.25) is 14.9 Å². The number of hydrazone groups is 1. The number of ether oxygens (including phenoxy) is 1. The fourth-order valence-corrected chi connectivity index (χ4v) is 2.12. The van der Waals surface area contributed by atoms with Crippen molar-refractivity contribution in [1.29, 1.82) is 0 Å². The Morgan fingerprint density at radius 1 is 1.25 bits per heavy atom. The number of nitrogens with zero attached hydrogens (tertiary/aromatic N) is 2. The van der Waals surface area contributed by atoms with E-state index in [0.29, 0.717) is 5.75 Å². The van der Waals surface area contributed by atoms with Gasteiger partial charge in [-0.05, 0) is 36.1 Å². The number of nitro benzene ring substituents is 1. The topological polar surface area (TPSA) is 93.8 Å². The lowest BCUT2D eigenvalue weighted by molar-refractivity contribution is -0.384. The van der Waals surface area contributed by atoms with E-state index in [1.165, 1.54) is 30.5 Å². The molecule has 0 atom stereocenters. The van der Waals surface area contributed by atoms with Crippen LogP contribution in [0.4, 0.5) is 5.69 Å². The van der Waals surface area contributed by atoms with Crippen LogP contribution in [0.5, 0.6) is 5.75 Å². The van der Waals surface area contributed by atoms with Crippen LogP contribution in [0.15, 0.2) is 58.5 Å². The number of amides is 1. The van der Waals surface area contributed by atoms with Crippen LogP contribution in [0.3, 0.4) is 0 Å². The van der Waals surface area contributed by atoms with Gasteiger partial charge >= 0.3 is 0 Å². The number of benzene rings is 2. The molecule has 0 radical (unpaired) electrons. The lowest BCUT2D eigenvalue weighted by Crippen LogP contribution is -2.24. The summed E-state index contributed by atoms with van der Waals surface area (Å²) in [5.41, 5.74) is 3.18. The lowest BCUT2D eigenvalue weighted by Gasteiger charge is -2.04. The molecule has 24 heavy (non-hydrogen) atoms. The molecule has 1 N–H and O–H groups in total. The SMILES string of the molecule is CSc1ccc(/C=N/NC(=O)COc2ccc([N+](=O)[O-])cc2)cc1. The predicted molar refractivity (Wildman–Crippen MR) is 92.6 cm³/mol. The van der Waals surface area contributed by atoms with Crippen LogP contribution in [-0.4, -0.2) is 29.9 Å². The zero-order valence-electron chi connectivity index (χ0n) is 12.8. The van der Waals surface area contributed by atoms with E-state index in [-0.39, 0.29) is 12.3 Å². The number of hydrogen-bond donors (Lipinski definition) is 1. The second-order valence-electron chi connectivity index (χ2n) is 4.61. The molecule has 0 spiro atoms. The number of carbonyl (C=O) groups excluding carboxylic acids is 1. The first-order valence-corrected chi connectivity index (χ1v) is 8.14. The largest absolute Gasteiger partial charge is 0.484 e. The first kappa shape index (κ1) is 17.5. The standard InChI is InChI=1S/C16H15N3O4S/c1-24-15-8-2-12(3-9-15)10-17-18-16(20)11-23-14-6-4-13(5-7-14)19(21)22/h2-10H,11H2,1H3,(H,18,20)/b17-10+. The molecular weight excluding hydrogens is 330 g/mol. The third-order valence-electron chi connectivity index (χ3n) is 2.94. The number of thioether (sulfide) groups is 1.